The molecule has 2 aromatic carbocycles. The SMILES string of the molecule is CCCc1ccc(S(=O)(=O)Nc2ccc(S(=O)(=O)Nc3onc(C)c3C)cc2)cc1. The highest BCUT2D eigenvalue weighted by molar-refractivity contribution is 7.93. The van der Waals surface area contributed by atoms with Crippen molar-refractivity contribution in [3.05, 3.63) is 65.4 Å². The summed E-state index contributed by atoms with van der Waals surface area (Å²) < 4.78 is 60.0. The molecule has 0 atom stereocenters. The van der Waals surface area contributed by atoms with Crippen LogP contribution in [0, 0.1) is 13.8 Å². The summed E-state index contributed by atoms with van der Waals surface area (Å²) in [5.41, 5.74) is 2.49. The van der Waals surface area contributed by atoms with Crippen LogP contribution in [0.4, 0.5) is 11.6 Å². The van der Waals surface area contributed by atoms with E-state index in [0.29, 0.717) is 11.3 Å². The van der Waals surface area contributed by atoms with E-state index in [-0.39, 0.29) is 21.4 Å². The number of hydrogen-bond acceptors (Lipinski definition) is 6. The Kier molecular flexibility index (Phi) is 6.18. The first-order chi connectivity index (χ1) is 14.1. The molecular formula is C20H23N3O5S2. The molecule has 0 aliphatic heterocycles. The fourth-order valence-electron chi connectivity index (χ4n) is 2.73. The number of sulfonamides is 2. The molecule has 0 bridgehead atoms. The highest BCUT2D eigenvalue weighted by atomic mass is 32.2. The zero-order valence-corrected chi connectivity index (χ0v) is 18.5. The Morgan fingerprint density at radius 2 is 1.37 bits per heavy atom. The van der Waals surface area contributed by atoms with E-state index < -0.39 is 20.0 Å². The molecule has 0 unspecified atom stereocenters. The molecule has 0 spiro atoms. The first-order valence-corrected chi connectivity index (χ1v) is 12.3. The zero-order valence-electron chi connectivity index (χ0n) is 16.8. The Morgan fingerprint density at radius 1 is 0.833 bits per heavy atom. The van der Waals surface area contributed by atoms with Crippen molar-refractivity contribution < 1.29 is 21.4 Å². The minimum Gasteiger partial charge on any atom is -0.337 e. The molecule has 0 saturated carbocycles. The van der Waals surface area contributed by atoms with Crippen LogP contribution in [0.5, 0.6) is 0 Å². The van der Waals surface area contributed by atoms with Gasteiger partial charge in [0.15, 0.2) is 0 Å². The molecule has 0 amide bonds. The van der Waals surface area contributed by atoms with Gasteiger partial charge in [-0.3, -0.25) is 4.72 Å². The van der Waals surface area contributed by atoms with Crippen LogP contribution in [0.25, 0.3) is 0 Å². The first-order valence-electron chi connectivity index (χ1n) is 9.30. The van der Waals surface area contributed by atoms with E-state index in [1.165, 1.54) is 24.3 Å². The van der Waals surface area contributed by atoms with Crippen LogP contribution in [-0.2, 0) is 26.5 Å². The van der Waals surface area contributed by atoms with Crippen LogP contribution in [0.3, 0.4) is 0 Å². The Bertz CT molecular complexity index is 1230. The average molecular weight is 450 g/mol. The largest absolute Gasteiger partial charge is 0.337 e. The van der Waals surface area contributed by atoms with Crippen molar-refractivity contribution in [2.75, 3.05) is 9.44 Å². The molecule has 0 saturated heterocycles. The monoisotopic (exact) mass is 449 g/mol. The zero-order chi connectivity index (χ0) is 21.9. The molecule has 0 fully saturated rings. The molecule has 0 aliphatic rings. The van der Waals surface area contributed by atoms with Crippen molar-refractivity contribution in [2.24, 2.45) is 0 Å². The van der Waals surface area contributed by atoms with Gasteiger partial charge < -0.3 is 4.52 Å². The molecule has 30 heavy (non-hydrogen) atoms. The number of aromatic nitrogens is 1. The van der Waals surface area contributed by atoms with Crippen molar-refractivity contribution in [2.45, 2.75) is 43.4 Å². The summed E-state index contributed by atoms with van der Waals surface area (Å²) in [5.74, 6) is 0.0452. The second kappa shape index (κ2) is 8.49. The van der Waals surface area contributed by atoms with Crippen molar-refractivity contribution in [1.82, 2.24) is 5.16 Å². The normalized spacial score (nSPS) is 12.0. The first kappa shape index (κ1) is 21.8. The van der Waals surface area contributed by atoms with Gasteiger partial charge in [0.05, 0.1) is 15.5 Å². The fraction of sp³-hybridized carbons (Fsp3) is 0.250. The summed E-state index contributed by atoms with van der Waals surface area (Å²) >= 11 is 0. The van der Waals surface area contributed by atoms with E-state index >= 15 is 0 Å². The summed E-state index contributed by atoms with van der Waals surface area (Å²) in [6, 6.07) is 12.1. The lowest BCUT2D eigenvalue weighted by Crippen LogP contribution is -2.14. The van der Waals surface area contributed by atoms with Crippen molar-refractivity contribution in [3.63, 3.8) is 0 Å². The summed E-state index contributed by atoms with van der Waals surface area (Å²) in [4.78, 5) is 0.0969. The molecular weight excluding hydrogens is 426 g/mol. The Labute approximate surface area is 176 Å². The molecule has 10 heteroatoms. The molecule has 2 N–H and O–H groups in total. The van der Waals surface area contributed by atoms with Crippen molar-refractivity contribution in [3.8, 4) is 0 Å². The van der Waals surface area contributed by atoms with Crippen LogP contribution in [0.15, 0.2) is 62.8 Å². The van der Waals surface area contributed by atoms with Crippen LogP contribution in [0.1, 0.15) is 30.2 Å². The fourth-order valence-corrected chi connectivity index (χ4v) is 4.84. The van der Waals surface area contributed by atoms with E-state index in [1.54, 1.807) is 38.1 Å². The number of aryl methyl sites for hydroxylation is 2. The third-order valence-corrected chi connectivity index (χ3v) is 7.32. The molecule has 1 aromatic heterocycles. The van der Waals surface area contributed by atoms with Gasteiger partial charge in [-0.25, -0.2) is 21.6 Å². The number of benzene rings is 2. The smallest absolute Gasteiger partial charge is 0.264 e. The maximum Gasteiger partial charge on any atom is 0.264 e. The number of hydrogen-bond donors (Lipinski definition) is 2. The highest BCUT2D eigenvalue weighted by Crippen LogP contribution is 2.23. The number of nitrogens with one attached hydrogen (secondary N) is 2. The van der Waals surface area contributed by atoms with Crippen LogP contribution in [-0.4, -0.2) is 22.0 Å². The summed E-state index contributed by atoms with van der Waals surface area (Å²) in [6.45, 7) is 5.45. The number of rotatable bonds is 8. The van der Waals surface area contributed by atoms with E-state index in [2.05, 4.69) is 21.5 Å². The molecule has 8 nitrogen and oxygen atoms in total. The van der Waals surface area contributed by atoms with Gasteiger partial charge in [-0.1, -0.05) is 30.6 Å². The summed E-state index contributed by atoms with van der Waals surface area (Å²) in [6.07, 6.45) is 1.86. The lowest BCUT2D eigenvalue weighted by molar-refractivity contribution is 0.430. The lowest BCUT2D eigenvalue weighted by atomic mass is 10.1. The average Bonchev–Trinajstić information content (AvgIpc) is 3.00. The van der Waals surface area contributed by atoms with E-state index in [1.807, 2.05) is 0 Å². The summed E-state index contributed by atoms with van der Waals surface area (Å²) in [7, 11) is -7.69. The standard InChI is InChI=1S/C20H23N3O5S2/c1-4-5-16-6-10-18(11-7-16)29(24,25)22-17-8-12-19(13-9-17)30(26,27)23-20-14(2)15(3)21-28-20/h6-13,22-23H,4-5H2,1-3H3. The quantitative estimate of drug-likeness (QED) is 0.539. The van der Waals surface area contributed by atoms with Gasteiger partial charge in [0.2, 0.25) is 5.88 Å². The van der Waals surface area contributed by atoms with Gasteiger partial charge >= 0.3 is 0 Å². The molecule has 3 aromatic rings. The lowest BCUT2D eigenvalue weighted by Gasteiger charge is -2.10. The second-order valence-corrected chi connectivity index (χ2v) is 10.2. The summed E-state index contributed by atoms with van der Waals surface area (Å²) in [5, 5.41) is 3.71. The van der Waals surface area contributed by atoms with Crippen molar-refractivity contribution in [1.29, 1.82) is 0 Å². The minimum atomic E-state index is -3.91. The van der Waals surface area contributed by atoms with Crippen molar-refractivity contribution >= 4 is 31.6 Å². The second-order valence-electron chi connectivity index (χ2n) is 6.85. The van der Waals surface area contributed by atoms with Gasteiger partial charge in [0, 0.05) is 11.3 Å². The van der Waals surface area contributed by atoms with Crippen LogP contribution >= 0.6 is 0 Å². The van der Waals surface area contributed by atoms with Crippen LogP contribution < -0.4 is 9.44 Å². The topological polar surface area (TPSA) is 118 Å². The molecule has 0 aliphatic carbocycles. The Morgan fingerprint density at radius 3 is 1.87 bits per heavy atom. The highest BCUT2D eigenvalue weighted by Gasteiger charge is 2.20. The molecule has 0 radical (unpaired) electrons. The number of anilines is 2. The van der Waals surface area contributed by atoms with Gasteiger partial charge in [0.25, 0.3) is 20.0 Å². The molecule has 1 heterocycles. The van der Waals surface area contributed by atoms with Gasteiger partial charge in [-0.05, 0) is 62.2 Å². The Hall–Kier alpha value is -2.85. The molecule has 3 rings (SSSR count). The van der Waals surface area contributed by atoms with Gasteiger partial charge in [0.1, 0.15) is 0 Å². The third kappa shape index (κ3) is 4.82. The minimum absolute atomic E-state index is 0.0391. The number of nitrogens with zero attached hydrogens (tertiary/aromatic N) is 1. The maximum atomic E-state index is 12.6. The van der Waals surface area contributed by atoms with E-state index in [0.717, 1.165) is 18.4 Å². The predicted octanol–water partition coefficient (Wildman–Crippen LogP) is 3.85. The third-order valence-electron chi connectivity index (χ3n) is 4.57. The van der Waals surface area contributed by atoms with Crippen LogP contribution in [0.2, 0.25) is 0 Å². The van der Waals surface area contributed by atoms with E-state index in [9.17, 15) is 16.8 Å². The molecule has 160 valence electrons. The van der Waals surface area contributed by atoms with Gasteiger partial charge in [-0.2, -0.15) is 0 Å². The predicted molar refractivity (Wildman–Crippen MR) is 114 cm³/mol. The Balaban J connectivity index is 1.75. The maximum absolute atomic E-state index is 12.6. The van der Waals surface area contributed by atoms with E-state index in [4.69, 9.17) is 4.52 Å². The van der Waals surface area contributed by atoms with Gasteiger partial charge in [-0.15, -0.1) is 0 Å².